The largest absolute Gasteiger partial charge is 0.378 e. The molecule has 6 heteroatoms. The second kappa shape index (κ2) is 10.8. The summed E-state index contributed by atoms with van der Waals surface area (Å²) >= 11 is 0. The Hall–Kier alpha value is -3.02. The smallest absolute Gasteiger partial charge is 0.223 e. The van der Waals surface area contributed by atoms with Crippen molar-refractivity contribution in [2.24, 2.45) is 10.9 Å². The minimum Gasteiger partial charge on any atom is -0.378 e. The number of benzene rings is 2. The Kier molecular flexibility index (Phi) is 7.93. The summed E-state index contributed by atoms with van der Waals surface area (Å²) in [5.41, 5.74) is 4.98. The molecule has 0 radical (unpaired) electrons. The molecule has 6 nitrogen and oxygen atoms in total. The maximum Gasteiger partial charge on any atom is 0.223 e. The molecular formula is C25H35N5O. The molecule has 1 aliphatic rings. The van der Waals surface area contributed by atoms with E-state index in [0.717, 1.165) is 32.0 Å². The summed E-state index contributed by atoms with van der Waals surface area (Å²) in [6.07, 6.45) is 1.51. The van der Waals surface area contributed by atoms with E-state index in [-0.39, 0.29) is 5.91 Å². The summed E-state index contributed by atoms with van der Waals surface area (Å²) in [5.74, 6) is 1.33. The number of rotatable bonds is 8. The molecule has 1 aliphatic heterocycles. The highest BCUT2D eigenvalue weighted by Gasteiger charge is 2.29. The van der Waals surface area contributed by atoms with Gasteiger partial charge in [0, 0.05) is 65.3 Å². The lowest BCUT2D eigenvalue weighted by Gasteiger charge is -2.18. The molecule has 1 amide bonds. The van der Waals surface area contributed by atoms with Crippen LogP contribution in [0, 0.1) is 12.8 Å². The molecular weight excluding hydrogens is 386 g/mol. The fourth-order valence-corrected chi connectivity index (χ4v) is 3.91. The number of anilines is 1. The van der Waals surface area contributed by atoms with Crippen molar-refractivity contribution in [3.8, 4) is 0 Å². The number of guanidine groups is 1. The van der Waals surface area contributed by atoms with E-state index >= 15 is 0 Å². The van der Waals surface area contributed by atoms with Gasteiger partial charge in [0.1, 0.15) is 0 Å². The van der Waals surface area contributed by atoms with E-state index in [1.807, 2.05) is 23.1 Å². The highest BCUT2D eigenvalue weighted by Crippen LogP contribution is 2.18. The third kappa shape index (κ3) is 6.48. The number of amides is 1. The zero-order valence-electron chi connectivity index (χ0n) is 19.2. The molecule has 1 saturated heterocycles. The minimum atomic E-state index is 0.252. The number of likely N-dealkylation sites (tertiary alicyclic amines) is 1. The van der Waals surface area contributed by atoms with Gasteiger partial charge in [0.05, 0.1) is 0 Å². The number of aliphatic imine (C=N–C) groups is 1. The number of hydrogen-bond acceptors (Lipinski definition) is 3. The van der Waals surface area contributed by atoms with E-state index in [4.69, 9.17) is 0 Å². The summed E-state index contributed by atoms with van der Waals surface area (Å²) in [6.45, 7) is 5.18. The Balaban J connectivity index is 1.44. The van der Waals surface area contributed by atoms with Crippen LogP contribution in [0.3, 0.4) is 0 Å². The number of carbonyl (C=O) groups is 1. The second-order valence-electron chi connectivity index (χ2n) is 8.46. The summed E-state index contributed by atoms with van der Waals surface area (Å²) < 4.78 is 0. The van der Waals surface area contributed by atoms with Crippen molar-refractivity contribution in [1.29, 1.82) is 0 Å². The predicted molar refractivity (Wildman–Crippen MR) is 129 cm³/mol. The van der Waals surface area contributed by atoms with Gasteiger partial charge in [-0.15, -0.1) is 0 Å². The third-order valence-corrected chi connectivity index (χ3v) is 5.88. The van der Waals surface area contributed by atoms with Crippen LogP contribution in [0.1, 0.15) is 23.1 Å². The van der Waals surface area contributed by atoms with E-state index < -0.39 is 0 Å². The SMILES string of the molecule is CN=C(NCc1ccc(N(C)C)cc1C)NCC1CC(=O)N(CCc2ccccc2)C1. The van der Waals surface area contributed by atoms with Crippen LogP contribution in [0.4, 0.5) is 5.69 Å². The van der Waals surface area contributed by atoms with Gasteiger partial charge < -0.3 is 20.4 Å². The van der Waals surface area contributed by atoms with E-state index in [0.29, 0.717) is 18.9 Å². The quantitative estimate of drug-likeness (QED) is 0.508. The molecule has 0 aromatic heterocycles. The highest BCUT2D eigenvalue weighted by atomic mass is 16.2. The van der Waals surface area contributed by atoms with Gasteiger partial charge in [-0.3, -0.25) is 9.79 Å². The molecule has 31 heavy (non-hydrogen) atoms. The van der Waals surface area contributed by atoms with Crippen molar-refractivity contribution in [1.82, 2.24) is 15.5 Å². The number of aryl methyl sites for hydroxylation is 1. The normalized spacial score (nSPS) is 16.5. The van der Waals surface area contributed by atoms with E-state index in [1.165, 1.54) is 22.4 Å². The van der Waals surface area contributed by atoms with Gasteiger partial charge in [-0.25, -0.2) is 0 Å². The molecule has 2 aromatic carbocycles. The fourth-order valence-electron chi connectivity index (χ4n) is 3.91. The number of nitrogens with zero attached hydrogens (tertiary/aromatic N) is 3. The van der Waals surface area contributed by atoms with Crippen LogP contribution in [0.2, 0.25) is 0 Å². The Morgan fingerprint density at radius 2 is 1.94 bits per heavy atom. The number of nitrogens with one attached hydrogen (secondary N) is 2. The standard InChI is InChI=1S/C25H35N5O/c1-19-14-23(29(3)4)11-10-22(19)17-28-25(26-2)27-16-21-15-24(31)30(18-21)13-12-20-8-6-5-7-9-20/h5-11,14,21H,12-13,15-18H2,1-4H3,(H2,26,27,28). The second-order valence-corrected chi connectivity index (χ2v) is 8.46. The molecule has 0 bridgehead atoms. The van der Waals surface area contributed by atoms with Crippen LogP contribution in [0.25, 0.3) is 0 Å². The Morgan fingerprint density at radius 3 is 2.61 bits per heavy atom. The van der Waals surface area contributed by atoms with Crippen LogP contribution < -0.4 is 15.5 Å². The molecule has 1 atom stereocenters. The summed E-state index contributed by atoms with van der Waals surface area (Å²) in [4.78, 5) is 20.8. The van der Waals surface area contributed by atoms with Gasteiger partial charge in [-0.2, -0.15) is 0 Å². The first-order valence-corrected chi connectivity index (χ1v) is 11.0. The first-order chi connectivity index (χ1) is 15.0. The van der Waals surface area contributed by atoms with Crippen LogP contribution in [-0.4, -0.2) is 57.5 Å². The van der Waals surface area contributed by atoms with Crippen LogP contribution in [0.15, 0.2) is 53.5 Å². The van der Waals surface area contributed by atoms with Crippen molar-refractivity contribution in [3.05, 3.63) is 65.2 Å². The molecule has 0 aliphatic carbocycles. The van der Waals surface area contributed by atoms with Crippen LogP contribution >= 0.6 is 0 Å². The molecule has 166 valence electrons. The minimum absolute atomic E-state index is 0.252. The molecule has 0 saturated carbocycles. The van der Waals surface area contributed by atoms with E-state index in [2.05, 4.69) is 71.9 Å². The zero-order valence-corrected chi connectivity index (χ0v) is 19.2. The average Bonchev–Trinajstić information content (AvgIpc) is 3.13. The Morgan fingerprint density at radius 1 is 1.16 bits per heavy atom. The molecule has 0 spiro atoms. The Labute approximate surface area is 186 Å². The number of hydrogen-bond donors (Lipinski definition) is 2. The van der Waals surface area contributed by atoms with Crippen molar-refractivity contribution in [2.75, 3.05) is 45.7 Å². The molecule has 1 heterocycles. The van der Waals surface area contributed by atoms with Gasteiger partial charge in [-0.1, -0.05) is 36.4 Å². The lowest BCUT2D eigenvalue weighted by molar-refractivity contribution is -0.127. The maximum atomic E-state index is 12.4. The van der Waals surface area contributed by atoms with Crippen LogP contribution in [0.5, 0.6) is 0 Å². The topological polar surface area (TPSA) is 60.0 Å². The molecule has 1 fully saturated rings. The summed E-state index contributed by atoms with van der Waals surface area (Å²) in [7, 11) is 5.88. The van der Waals surface area contributed by atoms with Crippen LogP contribution in [-0.2, 0) is 17.8 Å². The third-order valence-electron chi connectivity index (χ3n) is 5.88. The first-order valence-electron chi connectivity index (χ1n) is 11.0. The van der Waals surface area contributed by atoms with Gasteiger partial charge in [0.15, 0.2) is 5.96 Å². The average molecular weight is 422 g/mol. The fraction of sp³-hybridized carbons (Fsp3) is 0.440. The lowest BCUT2D eigenvalue weighted by atomic mass is 10.1. The molecule has 3 rings (SSSR count). The van der Waals surface area contributed by atoms with E-state index in [1.54, 1.807) is 7.05 Å². The molecule has 1 unspecified atom stereocenters. The van der Waals surface area contributed by atoms with Gasteiger partial charge in [0.2, 0.25) is 5.91 Å². The van der Waals surface area contributed by atoms with Crippen molar-refractivity contribution >= 4 is 17.6 Å². The monoisotopic (exact) mass is 421 g/mol. The predicted octanol–water partition coefficient (Wildman–Crippen LogP) is 2.82. The summed E-state index contributed by atoms with van der Waals surface area (Å²) in [5, 5.41) is 6.79. The van der Waals surface area contributed by atoms with Gasteiger partial charge in [-0.05, 0) is 42.2 Å². The summed E-state index contributed by atoms with van der Waals surface area (Å²) in [6, 6.07) is 16.8. The highest BCUT2D eigenvalue weighted by molar-refractivity contribution is 5.81. The molecule has 2 N–H and O–H groups in total. The van der Waals surface area contributed by atoms with Crippen molar-refractivity contribution in [3.63, 3.8) is 0 Å². The van der Waals surface area contributed by atoms with Gasteiger partial charge >= 0.3 is 0 Å². The lowest BCUT2D eigenvalue weighted by Crippen LogP contribution is -2.40. The molecule has 2 aromatic rings. The van der Waals surface area contributed by atoms with Gasteiger partial charge in [0.25, 0.3) is 0 Å². The number of carbonyl (C=O) groups excluding carboxylic acids is 1. The maximum absolute atomic E-state index is 12.4. The van der Waals surface area contributed by atoms with Crippen molar-refractivity contribution in [2.45, 2.75) is 26.3 Å². The first kappa shape index (κ1) is 22.7. The Bertz CT molecular complexity index is 894. The van der Waals surface area contributed by atoms with E-state index in [9.17, 15) is 4.79 Å². The zero-order chi connectivity index (χ0) is 22.2. The van der Waals surface area contributed by atoms with Crippen molar-refractivity contribution < 1.29 is 4.79 Å².